The first-order chi connectivity index (χ1) is 8.25. The summed E-state index contributed by atoms with van der Waals surface area (Å²) < 4.78 is 5.53. The average molecular weight is 250 g/mol. The molecule has 4 nitrogen and oxygen atoms in total. The van der Waals surface area contributed by atoms with Crippen LogP contribution in [0.25, 0.3) is 0 Å². The fourth-order valence-electron chi connectivity index (χ4n) is 1.30. The van der Waals surface area contributed by atoms with Crippen molar-refractivity contribution in [1.82, 2.24) is 9.97 Å². The normalized spacial score (nSPS) is 12.1. The Kier molecular flexibility index (Phi) is 3.90. The number of nitrogens with zero attached hydrogens (tertiary/aromatic N) is 2. The Bertz CT molecular complexity index is 461. The van der Waals surface area contributed by atoms with Crippen LogP contribution in [0.1, 0.15) is 11.7 Å². The summed E-state index contributed by atoms with van der Waals surface area (Å²) in [4.78, 5) is 8.07. The van der Waals surface area contributed by atoms with Crippen molar-refractivity contribution in [2.24, 2.45) is 5.73 Å². The third-order valence-corrected chi connectivity index (χ3v) is 2.46. The topological polar surface area (TPSA) is 61.0 Å². The van der Waals surface area contributed by atoms with Crippen LogP contribution in [0, 0.1) is 0 Å². The minimum absolute atomic E-state index is 0.292. The number of nitrogens with two attached hydrogens (primary N) is 1. The van der Waals surface area contributed by atoms with Crippen molar-refractivity contribution in [1.29, 1.82) is 0 Å². The molecule has 0 saturated carbocycles. The molecular weight excluding hydrogens is 238 g/mol. The van der Waals surface area contributed by atoms with Gasteiger partial charge < -0.3 is 10.5 Å². The number of ether oxygens (including phenoxy) is 1. The van der Waals surface area contributed by atoms with Crippen molar-refractivity contribution in [2.45, 2.75) is 6.04 Å². The van der Waals surface area contributed by atoms with E-state index in [0.717, 1.165) is 5.75 Å². The maximum atomic E-state index is 5.92. The van der Waals surface area contributed by atoms with E-state index in [0.29, 0.717) is 17.3 Å². The molecule has 0 aliphatic carbocycles. The maximum absolute atomic E-state index is 5.92. The molecule has 1 aromatic heterocycles. The van der Waals surface area contributed by atoms with Crippen LogP contribution < -0.4 is 10.5 Å². The highest BCUT2D eigenvalue weighted by molar-refractivity contribution is 6.30. The minimum atomic E-state index is -0.292. The Hall–Kier alpha value is -1.65. The fraction of sp³-hybridized carbons (Fsp3) is 0.167. The molecule has 1 heterocycles. The standard InChI is InChI=1S/C12H12ClN3O/c13-9-1-3-10(4-2-9)17-8-11(14)12-7-15-5-6-16-12/h1-7,11H,8,14H2. The van der Waals surface area contributed by atoms with Gasteiger partial charge in [0.2, 0.25) is 0 Å². The van der Waals surface area contributed by atoms with E-state index >= 15 is 0 Å². The van der Waals surface area contributed by atoms with Crippen LogP contribution in [-0.2, 0) is 0 Å². The predicted octanol–water partition coefficient (Wildman–Crippen LogP) is 2.21. The van der Waals surface area contributed by atoms with Gasteiger partial charge in [-0.1, -0.05) is 11.6 Å². The molecule has 0 spiro atoms. The van der Waals surface area contributed by atoms with E-state index in [4.69, 9.17) is 22.1 Å². The highest BCUT2D eigenvalue weighted by atomic mass is 35.5. The molecule has 0 bridgehead atoms. The Labute approximate surface area is 104 Å². The van der Waals surface area contributed by atoms with Crippen LogP contribution in [0.3, 0.4) is 0 Å². The lowest BCUT2D eigenvalue weighted by molar-refractivity contribution is 0.288. The average Bonchev–Trinajstić information content (AvgIpc) is 2.39. The molecule has 0 aliphatic heterocycles. The van der Waals surface area contributed by atoms with Crippen LogP contribution in [0.5, 0.6) is 5.75 Å². The number of rotatable bonds is 4. The molecule has 2 N–H and O–H groups in total. The van der Waals surface area contributed by atoms with Crippen LogP contribution >= 0.6 is 11.6 Å². The molecule has 5 heteroatoms. The van der Waals surface area contributed by atoms with Crippen LogP contribution in [-0.4, -0.2) is 16.6 Å². The third-order valence-electron chi connectivity index (χ3n) is 2.21. The van der Waals surface area contributed by atoms with Crippen molar-refractivity contribution in [3.05, 3.63) is 53.6 Å². The lowest BCUT2D eigenvalue weighted by atomic mass is 10.2. The molecule has 2 rings (SSSR count). The lowest BCUT2D eigenvalue weighted by Crippen LogP contribution is -2.20. The second kappa shape index (κ2) is 5.61. The summed E-state index contributed by atoms with van der Waals surface area (Å²) in [6, 6.07) is 6.84. The number of benzene rings is 1. The molecule has 2 aromatic rings. The molecule has 0 fully saturated rings. The summed E-state index contributed by atoms with van der Waals surface area (Å²) in [6.45, 7) is 0.348. The summed E-state index contributed by atoms with van der Waals surface area (Å²) in [5.74, 6) is 0.730. The van der Waals surface area contributed by atoms with E-state index < -0.39 is 0 Å². The van der Waals surface area contributed by atoms with Crippen molar-refractivity contribution in [3.8, 4) is 5.75 Å². The summed E-state index contributed by atoms with van der Waals surface area (Å²) in [7, 11) is 0. The molecule has 88 valence electrons. The summed E-state index contributed by atoms with van der Waals surface area (Å²) >= 11 is 5.77. The molecule has 0 aliphatic rings. The van der Waals surface area contributed by atoms with Gasteiger partial charge in [0.15, 0.2) is 0 Å². The smallest absolute Gasteiger partial charge is 0.119 e. The van der Waals surface area contributed by atoms with Gasteiger partial charge in [-0.2, -0.15) is 0 Å². The third kappa shape index (κ3) is 3.41. The number of aromatic nitrogens is 2. The lowest BCUT2D eigenvalue weighted by Gasteiger charge is -2.12. The molecule has 1 atom stereocenters. The van der Waals surface area contributed by atoms with Gasteiger partial charge in [0.1, 0.15) is 12.4 Å². The van der Waals surface area contributed by atoms with Crippen LogP contribution in [0.15, 0.2) is 42.9 Å². The van der Waals surface area contributed by atoms with Crippen LogP contribution in [0.2, 0.25) is 5.02 Å². The molecule has 0 saturated heterocycles. The van der Waals surface area contributed by atoms with Crippen LogP contribution in [0.4, 0.5) is 0 Å². The first-order valence-electron chi connectivity index (χ1n) is 5.15. The molecule has 0 radical (unpaired) electrons. The minimum Gasteiger partial charge on any atom is -0.492 e. The number of halogens is 1. The SMILES string of the molecule is NC(COc1ccc(Cl)cc1)c1cnccn1. The quantitative estimate of drug-likeness (QED) is 0.903. The summed E-state index contributed by atoms with van der Waals surface area (Å²) in [5, 5.41) is 0.676. The highest BCUT2D eigenvalue weighted by Gasteiger charge is 2.08. The van der Waals surface area contributed by atoms with Gasteiger partial charge >= 0.3 is 0 Å². The zero-order valence-corrected chi connectivity index (χ0v) is 9.84. The van der Waals surface area contributed by atoms with Gasteiger partial charge in [-0.05, 0) is 24.3 Å². The van der Waals surface area contributed by atoms with Gasteiger partial charge in [-0.15, -0.1) is 0 Å². The predicted molar refractivity (Wildman–Crippen MR) is 65.9 cm³/mol. The Balaban J connectivity index is 1.92. The molecule has 1 aromatic carbocycles. The fourth-order valence-corrected chi connectivity index (χ4v) is 1.43. The Morgan fingerprint density at radius 2 is 2.00 bits per heavy atom. The van der Waals surface area contributed by atoms with Gasteiger partial charge in [0, 0.05) is 17.4 Å². The second-order valence-corrected chi connectivity index (χ2v) is 3.94. The molecule has 0 amide bonds. The first-order valence-corrected chi connectivity index (χ1v) is 5.53. The largest absolute Gasteiger partial charge is 0.492 e. The zero-order chi connectivity index (χ0) is 12.1. The van der Waals surface area contributed by atoms with Crippen molar-refractivity contribution < 1.29 is 4.74 Å². The van der Waals surface area contributed by atoms with Crippen molar-refractivity contribution in [3.63, 3.8) is 0 Å². The molecule has 1 unspecified atom stereocenters. The molecular formula is C12H12ClN3O. The number of hydrogen-bond donors (Lipinski definition) is 1. The zero-order valence-electron chi connectivity index (χ0n) is 9.08. The first kappa shape index (κ1) is 11.8. The van der Waals surface area contributed by atoms with Gasteiger partial charge in [-0.3, -0.25) is 9.97 Å². The Morgan fingerprint density at radius 1 is 1.24 bits per heavy atom. The number of hydrogen-bond acceptors (Lipinski definition) is 4. The van der Waals surface area contributed by atoms with Gasteiger partial charge in [-0.25, -0.2) is 0 Å². The van der Waals surface area contributed by atoms with Crippen molar-refractivity contribution >= 4 is 11.6 Å². The summed E-state index contributed by atoms with van der Waals surface area (Å²) in [5.41, 5.74) is 6.63. The van der Waals surface area contributed by atoms with Gasteiger partial charge in [0.25, 0.3) is 0 Å². The maximum Gasteiger partial charge on any atom is 0.119 e. The van der Waals surface area contributed by atoms with E-state index in [1.807, 2.05) is 0 Å². The Morgan fingerprint density at radius 3 is 2.65 bits per heavy atom. The van der Waals surface area contributed by atoms with E-state index in [1.165, 1.54) is 0 Å². The van der Waals surface area contributed by atoms with E-state index in [-0.39, 0.29) is 6.04 Å². The molecule has 17 heavy (non-hydrogen) atoms. The highest BCUT2D eigenvalue weighted by Crippen LogP contribution is 2.16. The van der Waals surface area contributed by atoms with Gasteiger partial charge in [0.05, 0.1) is 17.9 Å². The van der Waals surface area contributed by atoms with E-state index in [1.54, 1.807) is 42.9 Å². The second-order valence-electron chi connectivity index (χ2n) is 3.50. The van der Waals surface area contributed by atoms with Crippen molar-refractivity contribution in [2.75, 3.05) is 6.61 Å². The van der Waals surface area contributed by atoms with E-state index in [9.17, 15) is 0 Å². The van der Waals surface area contributed by atoms with E-state index in [2.05, 4.69) is 9.97 Å². The monoisotopic (exact) mass is 249 g/mol. The summed E-state index contributed by atoms with van der Waals surface area (Å²) in [6.07, 6.45) is 4.85.